The molecule has 0 aliphatic carbocycles. The van der Waals surface area contributed by atoms with E-state index in [2.05, 4.69) is 10.1 Å². The van der Waals surface area contributed by atoms with Gasteiger partial charge in [-0.15, -0.1) is 0 Å². The third-order valence-corrected chi connectivity index (χ3v) is 3.20. The van der Waals surface area contributed by atoms with Crippen LogP contribution in [0.4, 0.5) is 5.69 Å². The van der Waals surface area contributed by atoms with E-state index in [1.54, 1.807) is 0 Å². The molecule has 0 spiro atoms. The summed E-state index contributed by atoms with van der Waals surface area (Å²) in [5.41, 5.74) is 3.21. The molecule has 0 bridgehead atoms. The van der Waals surface area contributed by atoms with Crippen LogP contribution in [0.3, 0.4) is 0 Å². The molecule has 1 aliphatic heterocycles. The summed E-state index contributed by atoms with van der Waals surface area (Å²) in [4.78, 5) is 11.1. The number of methoxy groups -OCH3 is 1. The smallest absolute Gasteiger partial charge is 0.305 e. The van der Waals surface area contributed by atoms with Gasteiger partial charge < -0.3 is 15.2 Å². The van der Waals surface area contributed by atoms with Crippen molar-refractivity contribution >= 4 is 11.7 Å². The number of hydrogen-bond acceptors (Lipinski definition) is 4. The van der Waals surface area contributed by atoms with E-state index < -0.39 is 0 Å². The first-order valence-corrected chi connectivity index (χ1v) is 5.79. The van der Waals surface area contributed by atoms with Crippen LogP contribution in [0.15, 0.2) is 18.2 Å². The van der Waals surface area contributed by atoms with Crippen LogP contribution >= 0.6 is 0 Å². The number of hydrogen-bond donors (Lipinski definition) is 2. The fourth-order valence-corrected chi connectivity index (χ4v) is 2.21. The summed E-state index contributed by atoms with van der Waals surface area (Å²) in [5, 5.41) is 12.4. The van der Waals surface area contributed by atoms with Gasteiger partial charge in [-0.3, -0.25) is 4.79 Å². The van der Waals surface area contributed by atoms with Gasteiger partial charge in [0, 0.05) is 24.6 Å². The van der Waals surface area contributed by atoms with E-state index in [1.807, 2.05) is 18.2 Å². The Kier molecular flexibility index (Phi) is 3.64. The van der Waals surface area contributed by atoms with Gasteiger partial charge in [-0.05, 0) is 23.6 Å². The van der Waals surface area contributed by atoms with Gasteiger partial charge in [-0.2, -0.15) is 0 Å². The highest BCUT2D eigenvalue weighted by molar-refractivity contribution is 5.69. The predicted octanol–water partition coefficient (Wildman–Crippen LogP) is 1.64. The second-order valence-corrected chi connectivity index (χ2v) is 4.27. The second-order valence-electron chi connectivity index (χ2n) is 4.27. The van der Waals surface area contributed by atoms with Gasteiger partial charge in [0.05, 0.1) is 13.7 Å². The van der Waals surface area contributed by atoms with Crippen LogP contribution in [0.2, 0.25) is 0 Å². The van der Waals surface area contributed by atoms with E-state index in [1.165, 1.54) is 12.7 Å². The van der Waals surface area contributed by atoms with E-state index >= 15 is 0 Å². The zero-order chi connectivity index (χ0) is 12.3. The Balaban J connectivity index is 2.04. The van der Waals surface area contributed by atoms with Gasteiger partial charge in [0.25, 0.3) is 0 Å². The Bertz CT molecular complexity index is 417. The summed E-state index contributed by atoms with van der Waals surface area (Å²) < 4.78 is 4.64. The van der Waals surface area contributed by atoms with Crippen molar-refractivity contribution < 1.29 is 14.6 Å². The lowest BCUT2D eigenvalue weighted by atomic mass is 9.95. The number of fused-ring (bicyclic) bond motifs is 1. The lowest BCUT2D eigenvalue weighted by Crippen LogP contribution is -2.06. The zero-order valence-corrected chi connectivity index (χ0v) is 9.90. The lowest BCUT2D eigenvalue weighted by Gasteiger charge is -2.09. The van der Waals surface area contributed by atoms with Crippen LogP contribution in [-0.2, 0) is 16.1 Å². The number of esters is 1. The standard InChI is InChI=1S/C13H17NO3/c1-17-13(16)5-3-10-7-14-12-6-9(8-15)2-4-11(10)12/h2,4,6,10,14-15H,3,5,7-8H2,1H3. The number of benzene rings is 1. The Labute approximate surface area is 101 Å². The van der Waals surface area contributed by atoms with E-state index in [0.717, 1.165) is 24.2 Å². The molecule has 17 heavy (non-hydrogen) atoms. The molecular weight excluding hydrogens is 218 g/mol. The van der Waals surface area contributed by atoms with Crippen molar-refractivity contribution in [3.8, 4) is 0 Å². The molecule has 0 amide bonds. The van der Waals surface area contributed by atoms with Gasteiger partial charge in [0.15, 0.2) is 0 Å². The molecule has 4 nitrogen and oxygen atoms in total. The molecular formula is C13H17NO3. The highest BCUT2D eigenvalue weighted by atomic mass is 16.5. The number of nitrogens with one attached hydrogen (secondary N) is 1. The Hall–Kier alpha value is -1.55. The number of carbonyl (C=O) groups is 1. The summed E-state index contributed by atoms with van der Waals surface area (Å²) >= 11 is 0. The molecule has 1 atom stereocenters. The van der Waals surface area contributed by atoms with Crippen LogP contribution in [0.1, 0.15) is 29.9 Å². The summed E-state index contributed by atoms with van der Waals surface area (Å²) in [6.07, 6.45) is 1.25. The van der Waals surface area contributed by atoms with Crippen LogP contribution < -0.4 is 5.32 Å². The largest absolute Gasteiger partial charge is 0.469 e. The number of anilines is 1. The molecule has 92 valence electrons. The average Bonchev–Trinajstić information content (AvgIpc) is 2.77. The SMILES string of the molecule is COC(=O)CCC1CNc2cc(CO)ccc21. The Morgan fingerprint density at radius 1 is 1.59 bits per heavy atom. The first kappa shape index (κ1) is 11.9. The molecule has 2 rings (SSSR count). The summed E-state index contributed by atoms with van der Waals surface area (Å²) in [6, 6.07) is 5.92. The molecule has 1 aromatic rings. The first-order chi connectivity index (χ1) is 8.24. The molecule has 1 aliphatic rings. The van der Waals surface area contributed by atoms with E-state index in [-0.39, 0.29) is 12.6 Å². The third kappa shape index (κ3) is 2.58. The van der Waals surface area contributed by atoms with Gasteiger partial charge in [0.2, 0.25) is 0 Å². The molecule has 0 aromatic heterocycles. The van der Waals surface area contributed by atoms with Gasteiger partial charge >= 0.3 is 5.97 Å². The first-order valence-electron chi connectivity index (χ1n) is 5.79. The highest BCUT2D eigenvalue weighted by Crippen LogP contribution is 2.34. The van der Waals surface area contributed by atoms with Crippen molar-refractivity contribution in [2.24, 2.45) is 0 Å². The highest BCUT2D eigenvalue weighted by Gasteiger charge is 2.22. The van der Waals surface area contributed by atoms with Crippen LogP contribution in [0.5, 0.6) is 0 Å². The maximum atomic E-state index is 11.1. The summed E-state index contributed by atoms with van der Waals surface area (Å²) in [6.45, 7) is 0.906. The molecule has 1 aromatic carbocycles. The third-order valence-electron chi connectivity index (χ3n) is 3.20. The molecule has 1 heterocycles. The van der Waals surface area contributed by atoms with Crippen LogP contribution in [0.25, 0.3) is 0 Å². The lowest BCUT2D eigenvalue weighted by molar-refractivity contribution is -0.140. The normalized spacial score (nSPS) is 17.4. The average molecular weight is 235 g/mol. The molecule has 0 saturated carbocycles. The number of rotatable bonds is 4. The fourth-order valence-electron chi connectivity index (χ4n) is 2.21. The van der Waals surface area contributed by atoms with E-state index in [9.17, 15) is 4.79 Å². The van der Waals surface area contributed by atoms with E-state index in [0.29, 0.717) is 12.3 Å². The second kappa shape index (κ2) is 5.19. The topological polar surface area (TPSA) is 58.6 Å². The van der Waals surface area contributed by atoms with Gasteiger partial charge in [-0.1, -0.05) is 12.1 Å². The molecule has 0 fully saturated rings. The van der Waals surface area contributed by atoms with Crippen molar-refractivity contribution in [2.75, 3.05) is 19.0 Å². The molecule has 0 radical (unpaired) electrons. The summed E-state index contributed by atoms with van der Waals surface area (Å²) in [7, 11) is 1.41. The monoisotopic (exact) mass is 235 g/mol. The number of carbonyl (C=O) groups excluding carboxylic acids is 1. The van der Waals surface area contributed by atoms with Crippen molar-refractivity contribution in [2.45, 2.75) is 25.4 Å². The van der Waals surface area contributed by atoms with Crippen molar-refractivity contribution in [3.63, 3.8) is 0 Å². The quantitative estimate of drug-likeness (QED) is 0.779. The zero-order valence-electron chi connectivity index (χ0n) is 9.90. The van der Waals surface area contributed by atoms with Crippen LogP contribution in [-0.4, -0.2) is 24.7 Å². The van der Waals surface area contributed by atoms with Crippen molar-refractivity contribution in [3.05, 3.63) is 29.3 Å². The van der Waals surface area contributed by atoms with Crippen LogP contribution in [0, 0.1) is 0 Å². The van der Waals surface area contributed by atoms with E-state index in [4.69, 9.17) is 5.11 Å². The number of aliphatic hydroxyl groups is 1. The molecule has 2 N–H and O–H groups in total. The van der Waals surface area contributed by atoms with Gasteiger partial charge in [-0.25, -0.2) is 0 Å². The maximum Gasteiger partial charge on any atom is 0.305 e. The van der Waals surface area contributed by atoms with Crippen molar-refractivity contribution in [1.82, 2.24) is 0 Å². The minimum absolute atomic E-state index is 0.0573. The Morgan fingerprint density at radius 3 is 3.12 bits per heavy atom. The number of aliphatic hydroxyl groups excluding tert-OH is 1. The summed E-state index contributed by atoms with van der Waals surface area (Å²) in [5.74, 6) is 0.197. The molecule has 4 heteroatoms. The Morgan fingerprint density at radius 2 is 2.41 bits per heavy atom. The fraction of sp³-hybridized carbons (Fsp3) is 0.462. The molecule has 1 unspecified atom stereocenters. The predicted molar refractivity (Wildman–Crippen MR) is 64.8 cm³/mol. The molecule has 0 saturated heterocycles. The number of ether oxygens (including phenoxy) is 1. The maximum absolute atomic E-state index is 11.1. The minimum Gasteiger partial charge on any atom is -0.469 e. The minimum atomic E-state index is -0.162. The van der Waals surface area contributed by atoms with Crippen molar-refractivity contribution in [1.29, 1.82) is 0 Å². The van der Waals surface area contributed by atoms with Gasteiger partial charge in [0.1, 0.15) is 0 Å².